The standard InChI is InChI=1S/C9H13N3O3/c13-7-5-11-12(8(7)9(14)15)6-1-3-10-4-2-6/h5-6,10,13H,1-4H2,(H,14,15). The molecule has 0 radical (unpaired) electrons. The van der Waals surface area contributed by atoms with Gasteiger partial charge in [-0.25, -0.2) is 4.79 Å². The van der Waals surface area contributed by atoms with Gasteiger partial charge in [0.25, 0.3) is 0 Å². The molecule has 82 valence electrons. The van der Waals surface area contributed by atoms with Gasteiger partial charge in [-0.15, -0.1) is 0 Å². The number of nitrogens with one attached hydrogen (secondary N) is 1. The summed E-state index contributed by atoms with van der Waals surface area (Å²) in [6, 6.07) is 0.0678. The van der Waals surface area contributed by atoms with Crippen LogP contribution < -0.4 is 5.32 Å². The van der Waals surface area contributed by atoms with Crippen molar-refractivity contribution in [2.45, 2.75) is 18.9 Å². The minimum Gasteiger partial charge on any atom is -0.504 e. The van der Waals surface area contributed by atoms with E-state index in [0.717, 1.165) is 25.9 Å². The summed E-state index contributed by atoms with van der Waals surface area (Å²) in [5, 5.41) is 25.4. The molecule has 1 fully saturated rings. The predicted octanol–water partition coefficient (Wildman–Crippen LogP) is 0.211. The average Bonchev–Trinajstić information content (AvgIpc) is 2.61. The zero-order valence-corrected chi connectivity index (χ0v) is 8.18. The number of hydrogen-bond acceptors (Lipinski definition) is 4. The zero-order chi connectivity index (χ0) is 10.8. The van der Waals surface area contributed by atoms with Gasteiger partial charge in [0.2, 0.25) is 0 Å². The van der Waals surface area contributed by atoms with E-state index in [1.165, 1.54) is 10.9 Å². The molecule has 1 saturated heterocycles. The molecular formula is C9H13N3O3. The van der Waals surface area contributed by atoms with Crippen molar-refractivity contribution < 1.29 is 15.0 Å². The minimum atomic E-state index is -1.14. The van der Waals surface area contributed by atoms with E-state index in [4.69, 9.17) is 5.11 Å². The summed E-state index contributed by atoms with van der Waals surface area (Å²) >= 11 is 0. The molecule has 2 heterocycles. The van der Waals surface area contributed by atoms with Gasteiger partial charge < -0.3 is 15.5 Å². The number of carboxylic acid groups (broad SMARTS) is 1. The Bertz CT molecular complexity index is 369. The van der Waals surface area contributed by atoms with Gasteiger partial charge in [0.1, 0.15) is 0 Å². The fraction of sp³-hybridized carbons (Fsp3) is 0.556. The van der Waals surface area contributed by atoms with E-state index in [0.29, 0.717) is 0 Å². The Hall–Kier alpha value is -1.56. The molecule has 6 nitrogen and oxygen atoms in total. The number of aromatic carboxylic acids is 1. The average molecular weight is 211 g/mol. The maximum absolute atomic E-state index is 10.9. The van der Waals surface area contributed by atoms with E-state index >= 15 is 0 Å². The summed E-state index contributed by atoms with van der Waals surface area (Å²) in [6.07, 6.45) is 2.86. The van der Waals surface area contributed by atoms with Crippen LogP contribution in [0.25, 0.3) is 0 Å². The van der Waals surface area contributed by atoms with Crippen molar-refractivity contribution >= 4 is 5.97 Å². The second kappa shape index (κ2) is 3.90. The van der Waals surface area contributed by atoms with Crippen LogP contribution >= 0.6 is 0 Å². The van der Waals surface area contributed by atoms with Gasteiger partial charge in [0.05, 0.1) is 12.2 Å². The van der Waals surface area contributed by atoms with E-state index < -0.39 is 5.97 Å². The van der Waals surface area contributed by atoms with Crippen LogP contribution in [0.3, 0.4) is 0 Å². The summed E-state index contributed by atoms with van der Waals surface area (Å²) < 4.78 is 1.42. The molecule has 0 amide bonds. The highest BCUT2D eigenvalue weighted by Crippen LogP contribution is 2.24. The first-order valence-corrected chi connectivity index (χ1v) is 4.90. The summed E-state index contributed by atoms with van der Waals surface area (Å²) in [6.45, 7) is 1.70. The van der Waals surface area contributed by atoms with Gasteiger partial charge in [-0.3, -0.25) is 4.68 Å². The summed E-state index contributed by atoms with van der Waals surface area (Å²) in [5.41, 5.74) is -0.109. The highest BCUT2D eigenvalue weighted by molar-refractivity contribution is 5.88. The first-order valence-electron chi connectivity index (χ1n) is 4.90. The second-order valence-corrected chi connectivity index (χ2v) is 3.61. The van der Waals surface area contributed by atoms with Crippen molar-refractivity contribution in [3.05, 3.63) is 11.9 Å². The number of carbonyl (C=O) groups is 1. The van der Waals surface area contributed by atoms with E-state index in [9.17, 15) is 9.90 Å². The van der Waals surface area contributed by atoms with Crippen molar-refractivity contribution in [3.63, 3.8) is 0 Å². The number of rotatable bonds is 2. The second-order valence-electron chi connectivity index (χ2n) is 3.61. The predicted molar refractivity (Wildman–Crippen MR) is 52.0 cm³/mol. The molecule has 1 aromatic heterocycles. The van der Waals surface area contributed by atoms with E-state index in [-0.39, 0.29) is 17.5 Å². The largest absolute Gasteiger partial charge is 0.504 e. The monoisotopic (exact) mass is 211 g/mol. The Balaban J connectivity index is 2.30. The van der Waals surface area contributed by atoms with Gasteiger partial charge >= 0.3 is 5.97 Å². The Labute approximate surface area is 86.5 Å². The molecule has 0 aliphatic carbocycles. The van der Waals surface area contributed by atoms with Crippen LogP contribution in [-0.4, -0.2) is 39.1 Å². The quantitative estimate of drug-likeness (QED) is 0.651. The molecular weight excluding hydrogens is 198 g/mol. The molecule has 3 N–H and O–H groups in total. The third-order valence-corrected chi connectivity index (χ3v) is 2.63. The maximum Gasteiger partial charge on any atom is 0.358 e. The van der Waals surface area contributed by atoms with E-state index in [2.05, 4.69) is 10.4 Å². The highest BCUT2D eigenvalue weighted by atomic mass is 16.4. The van der Waals surface area contributed by atoms with Gasteiger partial charge in [0.15, 0.2) is 11.4 Å². The smallest absolute Gasteiger partial charge is 0.358 e. The lowest BCUT2D eigenvalue weighted by atomic mass is 10.1. The Kier molecular flexibility index (Phi) is 2.59. The van der Waals surface area contributed by atoms with E-state index in [1.807, 2.05) is 0 Å². The fourth-order valence-corrected chi connectivity index (χ4v) is 1.89. The molecule has 0 saturated carbocycles. The lowest BCUT2D eigenvalue weighted by Crippen LogP contribution is -2.31. The third kappa shape index (κ3) is 1.80. The van der Waals surface area contributed by atoms with Crippen LogP contribution in [0, 0.1) is 0 Å². The lowest BCUT2D eigenvalue weighted by molar-refractivity contribution is 0.0675. The van der Waals surface area contributed by atoms with Crippen LogP contribution in [0.2, 0.25) is 0 Å². The molecule has 0 unspecified atom stereocenters. The molecule has 0 spiro atoms. The molecule has 0 atom stereocenters. The fourth-order valence-electron chi connectivity index (χ4n) is 1.89. The number of piperidine rings is 1. The molecule has 6 heteroatoms. The van der Waals surface area contributed by atoms with Crippen LogP contribution in [0.15, 0.2) is 6.20 Å². The Morgan fingerprint density at radius 2 is 2.20 bits per heavy atom. The molecule has 2 rings (SSSR count). The van der Waals surface area contributed by atoms with Crippen LogP contribution in [0.5, 0.6) is 5.75 Å². The van der Waals surface area contributed by atoms with Gasteiger partial charge in [-0.1, -0.05) is 0 Å². The number of hydrogen-bond donors (Lipinski definition) is 3. The number of carboxylic acids is 1. The lowest BCUT2D eigenvalue weighted by Gasteiger charge is -2.23. The summed E-state index contributed by atoms with van der Waals surface area (Å²) in [4.78, 5) is 10.9. The Morgan fingerprint density at radius 3 is 2.80 bits per heavy atom. The van der Waals surface area contributed by atoms with Gasteiger partial charge in [0, 0.05) is 0 Å². The Morgan fingerprint density at radius 1 is 1.53 bits per heavy atom. The van der Waals surface area contributed by atoms with Crippen molar-refractivity contribution in [2.75, 3.05) is 13.1 Å². The van der Waals surface area contributed by atoms with Crippen LogP contribution in [-0.2, 0) is 0 Å². The van der Waals surface area contributed by atoms with Crippen molar-refractivity contribution in [1.82, 2.24) is 15.1 Å². The van der Waals surface area contributed by atoms with Gasteiger partial charge in [-0.05, 0) is 25.9 Å². The van der Waals surface area contributed by atoms with Crippen LogP contribution in [0.1, 0.15) is 29.4 Å². The molecule has 1 aliphatic rings. The van der Waals surface area contributed by atoms with Crippen molar-refractivity contribution in [3.8, 4) is 5.75 Å². The normalized spacial score (nSPS) is 17.9. The summed E-state index contributed by atoms with van der Waals surface area (Å²) in [7, 11) is 0. The first kappa shape index (κ1) is 9.97. The zero-order valence-electron chi connectivity index (χ0n) is 8.18. The molecule has 15 heavy (non-hydrogen) atoms. The van der Waals surface area contributed by atoms with Crippen molar-refractivity contribution in [2.24, 2.45) is 0 Å². The maximum atomic E-state index is 10.9. The SMILES string of the molecule is O=C(O)c1c(O)cnn1C1CCNCC1. The molecule has 1 aliphatic heterocycles. The molecule has 0 bridgehead atoms. The third-order valence-electron chi connectivity index (χ3n) is 2.63. The number of nitrogens with zero attached hydrogens (tertiary/aromatic N) is 2. The molecule has 1 aromatic rings. The minimum absolute atomic E-state index is 0.0678. The van der Waals surface area contributed by atoms with Crippen LogP contribution in [0.4, 0.5) is 0 Å². The topological polar surface area (TPSA) is 87.4 Å². The van der Waals surface area contributed by atoms with Crippen molar-refractivity contribution in [1.29, 1.82) is 0 Å². The summed E-state index contributed by atoms with van der Waals surface area (Å²) in [5.74, 6) is -1.40. The molecule has 0 aromatic carbocycles. The highest BCUT2D eigenvalue weighted by Gasteiger charge is 2.24. The van der Waals surface area contributed by atoms with Gasteiger partial charge in [-0.2, -0.15) is 5.10 Å². The first-order chi connectivity index (χ1) is 7.20. The number of aromatic nitrogens is 2. The number of aromatic hydroxyl groups is 1. The van der Waals surface area contributed by atoms with E-state index in [1.54, 1.807) is 0 Å².